The molecule has 0 N–H and O–H groups in total. The van der Waals surface area contributed by atoms with E-state index in [2.05, 4.69) is 42.4 Å². The Labute approximate surface area is 136 Å². The summed E-state index contributed by atoms with van der Waals surface area (Å²) in [5.41, 5.74) is 0.319. The summed E-state index contributed by atoms with van der Waals surface area (Å²) in [4.78, 5) is 8.26. The van der Waals surface area contributed by atoms with Crippen molar-refractivity contribution in [1.29, 1.82) is 0 Å². The molecule has 128 valence electrons. The van der Waals surface area contributed by atoms with Crippen LogP contribution in [0.2, 0.25) is 0 Å². The van der Waals surface area contributed by atoms with Crippen LogP contribution in [0.3, 0.4) is 0 Å². The lowest BCUT2D eigenvalue weighted by Gasteiger charge is -2.57. The average molecular weight is 309 g/mol. The van der Waals surface area contributed by atoms with Crippen LogP contribution in [-0.2, 0) is 4.74 Å². The highest BCUT2D eigenvalue weighted by molar-refractivity contribution is 5.00. The molecule has 3 aliphatic rings. The van der Waals surface area contributed by atoms with Gasteiger partial charge in [-0.25, -0.2) is 0 Å². The Balaban J connectivity index is 1.64. The minimum Gasteiger partial charge on any atom is -0.381 e. The van der Waals surface area contributed by atoms with E-state index < -0.39 is 0 Å². The van der Waals surface area contributed by atoms with Crippen molar-refractivity contribution in [2.24, 2.45) is 5.92 Å². The third-order valence-corrected chi connectivity index (χ3v) is 5.70. The van der Waals surface area contributed by atoms with Crippen molar-refractivity contribution < 1.29 is 4.74 Å². The van der Waals surface area contributed by atoms with Crippen LogP contribution in [0.25, 0.3) is 0 Å². The number of fused-ring (bicyclic) bond motifs is 1. The highest BCUT2D eigenvalue weighted by atomic mass is 16.5. The number of hydrogen-bond donors (Lipinski definition) is 0. The van der Waals surface area contributed by atoms with Gasteiger partial charge in [0.25, 0.3) is 0 Å². The lowest BCUT2D eigenvalue weighted by molar-refractivity contribution is -0.0833. The van der Waals surface area contributed by atoms with Crippen LogP contribution >= 0.6 is 0 Å². The zero-order valence-corrected chi connectivity index (χ0v) is 15.1. The molecule has 1 atom stereocenters. The van der Waals surface area contributed by atoms with E-state index in [4.69, 9.17) is 4.74 Å². The van der Waals surface area contributed by atoms with Crippen LogP contribution < -0.4 is 0 Å². The molecule has 0 spiro atoms. The highest BCUT2D eigenvalue weighted by Gasteiger charge is 2.43. The van der Waals surface area contributed by atoms with Gasteiger partial charge in [-0.05, 0) is 32.6 Å². The van der Waals surface area contributed by atoms with Crippen LogP contribution in [0.4, 0.5) is 0 Å². The van der Waals surface area contributed by atoms with Crippen LogP contribution in [-0.4, -0.2) is 84.8 Å². The van der Waals surface area contributed by atoms with Crippen LogP contribution in [0.1, 0.15) is 40.5 Å². The molecule has 22 heavy (non-hydrogen) atoms. The lowest BCUT2D eigenvalue weighted by Crippen LogP contribution is -2.70. The van der Waals surface area contributed by atoms with Gasteiger partial charge in [-0.1, -0.05) is 13.8 Å². The van der Waals surface area contributed by atoms with Gasteiger partial charge in [0.15, 0.2) is 0 Å². The van der Waals surface area contributed by atoms with Gasteiger partial charge < -0.3 is 4.74 Å². The molecule has 0 bridgehead atoms. The summed E-state index contributed by atoms with van der Waals surface area (Å²) in [5.74, 6) is 0.762. The molecular weight excluding hydrogens is 274 g/mol. The Hall–Kier alpha value is -0.160. The zero-order chi connectivity index (χ0) is 15.7. The predicted molar refractivity (Wildman–Crippen MR) is 91.3 cm³/mol. The van der Waals surface area contributed by atoms with Crippen molar-refractivity contribution >= 4 is 0 Å². The van der Waals surface area contributed by atoms with Gasteiger partial charge in [-0.2, -0.15) is 0 Å². The SMILES string of the molecule is CC(C)CN1CC2CN(C3CCOCC3)CCN2C(C)(C)C1. The molecule has 4 heteroatoms. The number of piperazine rings is 2. The van der Waals surface area contributed by atoms with E-state index in [0.29, 0.717) is 11.6 Å². The zero-order valence-electron chi connectivity index (χ0n) is 15.1. The van der Waals surface area contributed by atoms with Crippen molar-refractivity contribution in [3.05, 3.63) is 0 Å². The molecule has 0 saturated carbocycles. The fraction of sp³-hybridized carbons (Fsp3) is 1.00. The van der Waals surface area contributed by atoms with Gasteiger partial charge in [-0.3, -0.25) is 14.7 Å². The first kappa shape index (κ1) is 16.7. The first-order valence-corrected chi connectivity index (χ1v) is 9.26. The van der Waals surface area contributed by atoms with E-state index in [0.717, 1.165) is 25.2 Å². The number of hydrogen-bond acceptors (Lipinski definition) is 4. The third kappa shape index (κ3) is 3.66. The van der Waals surface area contributed by atoms with E-state index in [1.807, 2.05) is 0 Å². The van der Waals surface area contributed by atoms with Crippen molar-refractivity contribution in [1.82, 2.24) is 14.7 Å². The standard InChI is InChI=1S/C18H35N3O/c1-15(2)11-19-12-17-13-20(16-5-9-22-10-6-16)7-8-21(17)18(3,4)14-19/h15-17H,5-14H2,1-4H3. The van der Waals surface area contributed by atoms with Gasteiger partial charge in [-0.15, -0.1) is 0 Å². The quantitative estimate of drug-likeness (QED) is 0.792. The van der Waals surface area contributed by atoms with Crippen LogP contribution in [0, 0.1) is 5.92 Å². The molecule has 0 amide bonds. The Bertz CT molecular complexity index is 365. The van der Waals surface area contributed by atoms with Gasteiger partial charge in [0.1, 0.15) is 0 Å². The van der Waals surface area contributed by atoms with Crippen LogP contribution in [0.5, 0.6) is 0 Å². The fourth-order valence-electron chi connectivity index (χ4n) is 4.87. The second-order valence-electron chi connectivity index (χ2n) is 8.59. The topological polar surface area (TPSA) is 19.0 Å². The maximum Gasteiger partial charge on any atom is 0.0480 e. The van der Waals surface area contributed by atoms with Crippen molar-refractivity contribution in [3.8, 4) is 0 Å². The summed E-state index contributed by atoms with van der Waals surface area (Å²) in [6.07, 6.45) is 2.46. The summed E-state index contributed by atoms with van der Waals surface area (Å²) in [6, 6.07) is 1.47. The molecule has 3 fully saturated rings. The highest BCUT2D eigenvalue weighted by Crippen LogP contribution is 2.30. The molecule has 0 aromatic carbocycles. The Morgan fingerprint density at radius 2 is 1.77 bits per heavy atom. The molecule has 3 heterocycles. The molecule has 3 saturated heterocycles. The van der Waals surface area contributed by atoms with E-state index >= 15 is 0 Å². The Morgan fingerprint density at radius 1 is 1.05 bits per heavy atom. The van der Waals surface area contributed by atoms with Crippen molar-refractivity contribution in [3.63, 3.8) is 0 Å². The van der Waals surface area contributed by atoms with Gasteiger partial charge in [0, 0.05) is 70.1 Å². The summed E-state index contributed by atoms with van der Waals surface area (Å²) in [5, 5.41) is 0. The fourth-order valence-corrected chi connectivity index (χ4v) is 4.87. The molecule has 3 rings (SSSR count). The summed E-state index contributed by atoms with van der Waals surface area (Å²) < 4.78 is 5.55. The van der Waals surface area contributed by atoms with Crippen molar-refractivity contribution in [2.75, 3.05) is 52.5 Å². The lowest BCUT2D eigenvalue weighted by atomic mass is 9.91. The monoisotopic (exact) mass is 309 g/mol. The number of rotatable bonds is 3. The van der Waals surface area contributed by atoms with E-state index in [1.54, 1.807) is 0 Å². The van der Waals surface area contributed by atoms with E-state index in [-0.39, 0.29) is 0 Å². The van der Waals surface area contributed by atoms with Crippen molar-refractivity contribution in [2.45, 2.75) is 58.2 Å². The summed E-state index contributed by atoms with van der Waals surface area (Å²) >= 11 is 0. The number of ether oxygens (including phenoxy) is 1. The molecule has 3 aliphatic heterocycles. The molecule has 0 aromatic heterocycles. The number of nitrogens with zero attached hydrogens (tertiary/aromatic N) is 3. The predicted octanol–water partition coefficient (Wildman–Crippen LogP) is 1.90. The summed E-state index contributed by atoms with van der Waals surface area (Å²) in [7, 11) is 0. The first-order valence-electron chi connectivity index (χ1n) is 9.26. The maximum atomic E-state index is 5.55. The maximum absolute atomic E-state index is 5.55. The minimum atomic E-state index is 0.319. The van der Waals surface area contributed by atoms with Gasteiger partial charge in [0.2, 0.25) is 0 Å². The second-order valence-corrected chi connectivity index (χ2v) is 8.59. The van der Waals surface area contributed by atoms with Gasteiger partial charge >= 0.3 is 0 Å². The molecule has 1 unspecified atom stereocenters. The average Bonchev–Trinajstić information content (AvgIpc) is 2.46. The Morgan fingerprint density at radius 3 is 2.45 bits per heavy atom. The molecular formula is C18H35N3O. The normalized spacial score (nSPS) is 32.3. The third-order valence-electron chi connectivity index (χ3n) is 5.70. The second kappa shape index (κ2) is 6.76. The smallest absolute Gasteiger partial charge is 0.0480 e. The van der Waals surface area contributed by atoms with Crippen LogP contribution in [0.15, 0.2) is 0 Å². The van der Waals surface area contributed by atoms with Gasteiger partial charge in [0.05, 0.1) is 0 Å². The summed E-state index contributed by atoms with van der Waals surface area (Å²) in [6.45, 7) is 18.9. The Kier molecular flexibility index (Phi) is 5.13. The molecule has 4 nitrogen and oxygen atoms in total. The molecule has 0 radical (unpaired) electrons. The first-order chi connectivity index (χ1) is 10.5. The minimum absolute atomic E-state index is 0.319. The molecule has 0 aromatic rings. The molecule has 0 aliphatic carbocycles. The van der Waals surface area contributed by atoms with E-state index in [9.17, 15) is 0 Å². The van der Waals surface area contributed by atoms with E-state index in [1.165, 1.54) is 52.1 Å². The largest absolute Gasteiger partial charge is 0.381 e.